The summed E-state index contributed by atoms with van der Waals surface area (Å²) in [5.41, 5.74) is 3.49. The van der Waals surface area contributed by atoms with Gasteiger partial charge in [-0.3, -0.25) is 4.79 Å². The molecule has 0 bridgehead atoms. The molecular weight excluding hydrogens is 266 g/mol. The van der Waals surface area contributed by atoms with Gasteiger partial charge in [0.15, 0.2) is 0 Å². The van der Waals surface area contributed by atoms with Crippen LogP contribution in [-0.2, 0) is 6.42 Å². The molecule has 0 aliphatic carbocycles. The maximum absolute atomic E-state index is 12.8. The normalized spacial score (nSPS) is 13.9. The van der Waals surface area contributed by atoms with Crippen molar-refractivity contribution in [1.29, 1.82) is 0 Å². The Morgan fingerprint density at radius 3 is 2.90 bits per heavy atom. The number of aromatic nitrogens is 2. The molecule has 1 aromatic heterocycles. The third-order valence-electron chi connectivity index (χ3n) is 3.77. The summed E-state index contributed by atoms with van der Waals surface area (Å²) < 4.78 is 0. The molecule has 1 aromatic carbocycles. The Morgan fingerprint density at radius 1 is 1.29 bits per heavy atom. The summed E-state index contributed by atoms with van der Waals surface area (Å²) in [5, 5.41) is 18.1. The van der Waals surface area contributed by atoms with Gasteiger partial charge in [0.25, 0.3) is 5.91 Å². The van der Waals surface area contributed by atoms with E-state index in [2.05, 4.69) is 10.2 Å². The van der Waals surface area contributed by atoms with Gasteiger partial charge in [-0.15, -0.1) is 0 Å². The lowest BCUT2D eigenvalue weighted by atomic mass is 10.00. The summed E-state index contributed by atoms with van der Waals surface area (Å²) in [6, 6.07) is 7.13. The number of nitrogens with zero attached hydrogens (tertiary/aromatic N) is 3. The van der Waals surface area contributed by atoms with Crippen LogP contribution >= 0.6 is 0 Å². The quantitative estimate of drug-likeness (QED) is 0.872. The standard InChI is InChI=1S/C16H17N3O2/c1-10-9-13(11(2)18-17-10)16(21)19-8-4-6-12-5-3-7-14(20)15(12)19/h3,5,7,9,20H,4,6,8H2,1-2H3. The lowest BCUT2D eigenvalue weighted by Gasteiger charge is -2.30. The first kappa shape index (κ1) is 13.5. The van der Waals surface area contributed by atoms with Gasteiger partial charge in [0.1, 0.15) is 5.75 Å². The molecule has 5 heteroatoms. The molecule has 0 saturated carbocycles. The second kappa shape index (κ2) is 5.16. The number of amides is 1. The van der Waals surface area contributed by atoms with Crippen LogP contribution in [0.5, 0.6) is 5.75 Å². The number of fused-ring (bicyclic) bond motifs is 1. The topological polar surface area (TPSA) is 66.3 Å². The minimum atomic E-state index is -0.132. The van der Waals surface area contributed by atoms with Gasteiger partial charge < -0.3 is 10.0 Å². The molecule has 5 nitrogen and oxygen atoms in total. The van der Waals surface area contributed by atoms with E-state index in [0.29, 0.717) is 29.2 Å². The molecule has 1 aliphatic heterocycles. The molecule has 1 amide bonds. The van der Waals surface area contributed by atoms with E-state index in [1.807, 2.05) is 19.1 Å². The lowest BCUT2D eigenvalue weighted by molar-refractivity contribution is 0.0983. The first-order valence-electron chi connectivity index (χ1n) is 7.01. The van der Waals surface area contributed by atoms with Gasteiger partial charge in [-0.25, -0.2) is 0 Å². The molecule has 0 fully saturated rings. The molecule has 0 radical (unpaired) electrons. The van der Waals surface area contributed by atoms with Crippen LogP contribution in [-0.4, -0.2) is 27.8 Å². The highest BCUT2D eigenvalue weighted by atomic mass is 16.3. The number of rotatable bonds is 1. The summed E-state index contributed by atoms with van der Waals surface area (Å²) >= 11 is 0. The first-order valence-corrected chi connectivity index (χ1v) is 7.01. The summed E-state index contributed by atoms with van der Waals surface area (Å²) in [6.45, 7) is 4.18. The van der Waals surface area contributed by atoms with Crippen LogP contribution in [0.2, 0.25) is 0 Å². The summed E-state index contributed by atoms with van der Waals surface area (Å²) in [7, 11) is 0. The maximum atomic E-state index is 12.8. The predicted molar refractivity (Wildman–Crippen MR) is 79.6 cm³/mol. The monoisotopic (exact) mass is 283 g/mol. The van der Waals surface area contributed by atoms with Gasteiger partial charge >= 0.3 is 0 Å². The van der Waals surface area contributed by atoms with Crippen molar-refractivity contribution in [1.82, 2.24) is 10.2 Å². The molecule has 2 heterocycles. The van der Waals surface area contributed by atoms with Crippen molar-refractivity contribution in [2.24, 2.45) is 0 Å². The molecule has 21 heavy (non-hydrogen) atoms. The molecule has 0 unspecified atom stereocenters. The minimum absolute atomic E-state index is 0.132. The van der Waals surface area contributed by atoms with E-state index in [1.54, 1.807) is 24.0 Å². The highest BCUT2D eigenvalue weighted by molar-refractivity contribution is 6.08. The molecule has 3 rings (SSSR count). The number of carbonyl (C=O) groups is 1. The number of carbonyl (C=O) groups excluding carboxylic acids is 1. The highest BCUT2D eigenvalue weighted by Crippen LogP contribution is 2.36. The summed E-state index contributed by atoms with van der Waals surface area (Å²) in [5.74, 6) is 0.0184. The van der Waals surface area contributed by atoms with Crippen LogP contribution in [0.25, 0.3) is 0 Å². The molecule has 0 saturated heterocycles. The number of aryl methyl sites for hydroxylation is 3. The number of hydrogen-bond acceptors (Lipinski definition) is 4. The Kier molecular flexibility index (Phi) is 3.33. The number of aromatic hydroxyl groups is 1. The van der Waals surface area contributed by atoms with Crippen molar-refractivity contribution in [3.8, 4) is 5.75 Å². The molecule has 0 atom stereocenters. The number of benzene rings is 1. The summed E-state index contributed by atoms with van der Waals surface area (Å²) in [4.78, 5) is 14.5. The molecule has 0 spiro atoms. The van der Waals surface area contributed by atoms with Gasteiger partial charge in [-0.2, -0.15) is 10.2 Å². The van der Waals surface area contributed by atoms with Crippen molar-refractivity contribution in [3.05, 3.63) is 46.8 Å². The lowest BCUT2D eigenvalue weighted by Crippen LogP contribution is -2.36. The summed E-state index contributed by atoms with van der Waals surface area (Å²) in [6.07, 6.45) is 1.76. The fraction of sp³-hybridized carbons (Fsp3) is 0.312. The van der Waals surface area contributed by atoms with E-state index >= 15 is 0 Å². The number of phenols is 1. The third kappa shape index (κ3) is 2.35. The van der Waals surface area contributed by atoms with Crippen LogP contribution in [0.1, 0.15) is 33.7 Å². The Morgan fingerprint density at radius 2 is 2.10 bits per heavy atom. The van der Waals surface area contributed by atoms with Crippen molar-refractivity contribution in [2.75, 3.05) is 11.4 Å². The van der Waals surface area contributed by atoms with E-state index in [-0.39, 0.29) is 11.7 Å². The van der Waals surface area contributed by atoms with Crippen LogP contribution in [0, 0.1) is 13.8 Å². The molecule has 2 aromatic rings. The zero-order valence-electron chi connectivity index (χ0n) is 12.1. The zero-order chi connectivity index (χ0) is 15.0. The van der Waals surface area contributed by atoms with Gasteiger partial charge in [0, 0.05) is 6.54 Å². The molecule has 108 valence electrons. The first-order chi connectivity index (χ1) is 10.1. The SMILES string of the molecule is Cc1cc(C(=O)N2CCCc3cccc(O)c32)c(C)nn1. The predicted octanol–water partition coefficient (Wildman–Crippen LogP) is 2.39. The van der Waals surface area contributed by atoms with E-state index in [9.17, 15) is 9.90 Å². The average Bonchev–Trinajstić information content (AvgIpc) is 2.49. The van der Waals surface area contributed by atoms with E-state index < -0.39 is 0 Å². The average molecular weight is 283 g/mol. The molecule has 1 aliphatic rings. The second-order valence-electron chi connectivity index (χ2n) is 5.33. The van der Waals surface area contributed by atoms with Crippen LogP contribution in [0.3, 0.4) is 0 Å². The maximum Gasteiger partial charge on any atom is 0.260 e. The minimum Gasteiger partial charge on any atom is -0.506 e. The van der Waals surface area contributed by atoms with Crippen LogP contribution in [0.15, 0.2) is 24.3 Å². The van der Waals surface area contributed by atoms with Gasteiger partial charge in [0.2, 0.25) is 0 Å². The number of phenolic OH excluding ortho intramolecular Hbond substituents is 1. The zero-order valence-corrected chi connectivity index (χ0v) is 12.1. The van der Waals surface area contributed by atoms with Crippen LogP contribution < -0.4 is 4.90 Å². The molecular formula is C16H17N3O2. The van der Waals surface area contributed by atoms with Gasteiger partial charge in [-0.1, -0.05) is 12.1 Å². The number of anilines is 1. The second-order valence-corrected chi connectivity index (χ2v) is 5.33. The Hall–Kier alpha value is -2.43. The smallest absolute Gasteiger partial charge is 0.260 e. The van der Waals surface area contributed by atoms with Crippen molar-refractivity contribution in [3.63, 3.8) is 0 Å². The molecule has 1 N–H and O–H groups in total. The van der Waals surface area contributed by atoms with E-state index in [4.69, 9.17) is 0 Å². The Labute approximate surface area is 123 Å². The van der Waals surface area contributed by atoms with Crippen molar-refractivity contribution >= 4 is 11.6 Å². The fourth-order valence-corrected chi connectivity index (χ4v) is 2.75. The highest BCUT2D eigenvalue weighted by Gasteiger charge is 2.27. The van der Waals surface area contributed by atoms with E-state index in [0.717, 1.165) is 18.4 Å². The van der Waals surface area contributed by atoms with Gasteiger partial charge in [0.05, 0.1) is 22.6 Å². The fourth-order valence-electron chi connectivity index (χ4n) is 2.75. The Bertz CT molecular complexity index is 713. The number of para-hydroxylation sites is 1. The number of hydrogen-bond donors (Lipinski definition) is 1. The third-order valence-corrected chi connectivity index (χ3v) is 3.77. The largest absolute Gasteiger partial charge is 0.506 e. The Balaban J connectivity index is 2.06. The van der Waals surface area contributed by atoms with Crippen molar-refractivity contribution < 1.29 is 9.90 Å². The van der Waals surface area contributed by atoms with Crippen molar-refractivity contribution in [2.45, 2.75) is 26.7 Å². The van der Waals surface area contributed by atoms with E-state index in [1.165, 1.54) is 0 Å². The van der Waals surface area contributed by atoms with Gasteiger partial charge in [-0.05, 0) is 44.4 Å². The van der Waals surface area contributed by atoms with Crippen LogP contribution in [0.4, 0.5) is 5.69 Å².